The molecule has 5 heteroatoms. The molecule has 0 bridgehead atoms. The van der Waals surface area contributed by atoms with Crippen molar-refractivity contribution in [2.45, 2.75) is 39.0 Å². The molecule has 2 amide bonds. The zero-order valence-corrected chi connectivity index (χ0v) is 18.0. The third kappa shape index (κ3) is 3.60. The number of aldehydes is 1. The summed E-state index contributed by atoms with van der Waals surface area (Å²) in [5.41, 5.74) is 9.35. The topological polar surface area (TPSA) is 75.3 Å². The van der Waals surface area contributed by atoms with Crippen LogP contribution in [0.4, 0.5) is 11.4 Å². The van der Waals surface area contributed by atoms with Gasteiger partial charge < -0.3 is 10.6 Å². The van der Waals surface area contributed by atoms with Gasteiger partial charge in [0.15, 0.2) is 0 Å². The molecule has 160 valence electrons. The lowest BCUT2D eigenvalue weighted by molar-refractivity contribution is -0.110. The summed E-state index contributed by atoms with van der Waals surface area (Å²) in [4.78, 5) is 36.2. The highest BCUT2D eigenvalue weighted by molar-refractivity contribution is 6.32. The van der Waals surface area contributed by atoms with E-state index < -0.39 is 0 Å². The van der Waals surface area contributed by atoms with Gasteiger partial charge in [-0.25, -0.2) is 0 Å². The zero-order chi connectivity index (χ0) is 22.2. The molecule has 0 saturated carbocycles. The van der Waals surface area contributed by atoms with Gasteiger partial charge in [-0.05, 0) is 92.2 Å². The molecule has 0 spiro atoms. The number of fused-ring (bicyclic) bond motifs is 1. The first-order valence-electron chi connectivity index (χ1n) is 11.0. The van der Waals surface area contributed by atoms with Gasteiger partial charge in [0.05, 0.1) is 0 Å². The van der Waals surface area contributed by atoms with Crippen LogP contribution in [0.25, 0.3) is 5.57 Å². The maximum absolute atomic E-state index is 12.7. The Kier molecular flexibility index (Phi) is 5.10. The maximum Gasteiger partial charge on any atom is 0.256 e. The van der Waals surface area contributed by atoms with Gasteiger partial charge in [-0.2, -0.15) is 0 Å². The molecule has 0 fully saturated rings. The minimum Gasteiger partial charge on any atom is -0.322 e. The van der Waals surface area contributed by atoms with Gasteiger partial charge in [0.2, 0.25) is 0 Å². The Labute approximate surface area is 186 Å². The second-order valence-electron chi connectivity index (χ2n) is 8.58. The molecular weight excluding hydrogens is 400 g/mol. The Morgan fingerprint density at radius 3 is 2.59 bits per heavy atom. The summed E-state index contributed by atoms with van der Waals surface area (Å²) in [6.07, 6.45) is 8.49. The van der Waals surface area contributed by atoms with Crippen molar-refractivity contribution in [3.8, 4) is 0 Å². The van der Waals surface area contributed by atoms with Crippen LogP contribution in [0.1, 0.15) is 65.3 Å². The Morgan fingerprint density at radius 1 is 1.06 bits per heavy atom. The number of hydrogen-bond donors (Lipinski definition) is 2. The Hall–Kier alpha value is -3.73. The van der Waals surface area contributed by atoms with Gasteiger partial charge in [0, 0.05) is 33.6 Å². The van der Waals surface area contributed by atoms with E-state index in [2.05, 4.69) is 17.6 Å². The third-order valence-electron chi connectivity index (χ3n) is 6.61. The van der Waals surface area contributed by atoms with Crippen molar-refractivity contribution < 1.29 is 14.4 Å². The van der Waals surface area contributed by atoms with Crippen LogP contribution in [0.2, 0.25) is 0 Å². The maximum atomic E-state index is 12.7. The van der Waals surface area contributed by atoms with Crippen LogP contribution in [-0.2, 0) is 4.79 Å². The fourth-order valence-electron chi connectivity index (χ4n) is 4.83. The smallest absolute Gasteiger partial charge is 0.256 e. The quantitative estimate of drug-likeness (QED) is 0.490. The van der Waals surface area contributed by atoms with E-state index in [1.165, 1.54) is 35.1 Å². The van der Waals surface area contributed by atoms with Gasteiger partial charge in [-0.15, -0.1) is 0 Å². The molecule has 0 aromatic heterocycles. The number of carbonyl (C=O) groups is 3. The summed E-state index contributed by atoms with van der Waals surface area (Å²) in [6, 6.07) is 11.9. The van der Waals surface area contributed by atoms with Gasteiger partial charge >= 0.3 is 0 Å². The van der Waals surface area contributed by atoms with Crippen molar-refractivity contribution in [3.05, 3.63) is 87.5 Å². The highest BCUT2D eigenvalue weighted by Crippen LogP contribution is 2.43. The van der Waals surface area contributed by atoms with Crippen LogP contribution in [0.15, 0.2) is 70.8 Å². The molecule has 2 aliphatic carbocycles. The minimum absolute atomic E-state index is 0.113. The molecule has 0 saturated heterocycles. The first-order valence-corrected chi connectivity index (χ1v) is 11.0. The van der Waals surface area contributed by atoms with E-state index in [1.807, 2.05) is 18.2 Å². The number of rotatable bonds is 4. The molecular formula is C27H24N2O3. The highest BCUT2D eigenvalue weighted by atomic mass is 16.2. The predicted molar refractivity (Wildman–Crippen MR) is 126 cm³/mol. The number of hydrogen-bond acceptors (Lipinski definition) is 3. The van der Waals surface area contributed by atoms with E-state index in [0.717, 1.165) is 36.8 Å². The van der Waals surface area contributed by atoms with E-state index in [4.69, 9.17) is 0 Å². The van der Waals surface area contributed by atoms with Crippen molar-refractivity contribution in [2.75, 3.05) is 10.6 Å². The highest BCUT2D eigenvalue weighted by Gasteiger charge is 2.28. The van der Waals surface area contributed by atoms with Crippen molar-refractivity contribution in [2.24, 2.45) is 0 Å². The number of carbonyl (C=O) groups excluding carboxylic acids is 3. The van der Waals surface area contributed by atoms with E-state index in [0.29, 0.717) is 22.4 Å². The van der Waals surface area contributed by atoms with Crippen LogP contribution < -0.4 is 10.6 Å². The summed E-state index contributed by atoms with van der Waals surface area (Å²) in [6.45, 7) is 2.17. The van der Waals surface area contributed by atoms with Gasteiger partial charge in [0.1, 0.15) is 6.29 Å². The molecule has 2 aromatic rings. The molecule has 0 atom stereocenters. The lowest BCUT2D eigenvalue weighted by Crippen LogP contribution is -2.11. The summed E-state index contributed by atoms with van der Waals surface area (Å²) in [7, 11) is 0. The second-order valence-corrected chi connectivity index (χ2v) is 8.58. The van der Waals surface area contributed by atoms with Crippen LogP contribution in [-0.4, -0.2) is 18.1 Å². The first-order chi connectivity index (χ1) is 15.5. The van der Waals surface area contributed by atoms with Gasteiger partial charge in [0.25, 0.3) is 11.8 Å². The molecule has 5 nitrogen and oxygen atoms in total. The number of nitrogens with one attached hydrogen (secondary N) is 2. The van der Waals surface area contributed by atoms with Crippen molar-refractivity contribution in [3.63, 3.8) is 0 Å². The number of amides is 2. The summed E-state index contributed by atoms with van der Waals surface area (Å²) < 4.78 is 0. The molecule has 1 aliphatic heterocycles. The van der Waals surface area contributed by atoms with Crippen LogP contribution in [0, 0.1) is 0 Å². The largest absolute Gasteiger partial charge is 0.322 e. The third-order valence-corrected chi connectivity index (χ3v) is 6.61. The molecule has 32 heavy (non-hydrogen) atoms. The lowest BCUT2D eigenvalue weighted by Gasteiger charge is -2.14. The Balaban J connectivity index is 1.41. The van der Waals surface area contributed by atoms with Crippen molar-refractivity contribution >= 4 is 35.0 Å². The number of allylic oxidation sites excluding steroid dienone is 5. The fraction of sp³-hybridized carbons (Fsp3) is 0.222. The Morgan fingerprint density at radius 2 is 1.84 bits per heavy atom. The SMILES string of the molecule is CC1=C(C=C2C(=O)Nc3ccc(NC(=O)c4ccc(C=O)cc4)cc32)CC2=C1CCCC2. The van der Waals surface area contributed by atoms with Crippen molar-refractivity contribution in [1.29, 1.82) is 0 Å². The molecule has 2 aromatic carbocycles. The van der Waals surface area contributed by atoms with Crippen molar-refractivity contribution in [1.82, 2.24) is 0 Å². The molecule has 2 N–H and O–H groups in total. The van der Waals surface area contributed by atoms with E-state index in [9.17, 15) is 14.4 Å². The number of benzene rings is 2. The average Bonchev–Trinajstić information content (AvgIpc) is 3.30. The summed E-state index contributed by atoms with van der Waals surface area (Å²) in [5.74, 6) is -0.380. The first kappa shape index (κ1) is 20.2. The molecule has 0 unspecified atom stereocenters. The second kappa shape index (κ2) is 8.08. The van der Waals surface area contributed by atoms with E-state index in [-0.39, 0.29) is 11.8 Å². The van der Waals surface area contributed by atoms with Gasteiger partial charge in [-0.3, -0.25) is 14.4 Å². The molecule has 1 heterocycles. The fourth-order valence-corrected chi connectivity index (χ4v) is 4.83. The van der Waals surface area contributed by atoms with Crippen LogP contribution >= 0.6 is 0 Å². The summed E-state index contributed by atoms with van der Waals surface area (Å²) >= 11 is 0. The van der Waals surface area contributed by atoms with Crippen LogP contribution in [0.5, 0.6) is 0 Å². The zero-order valence-electron chi connectivity index (χ0n) is 18.0. The standard InChI is InChI=1S/C27H24N2O3/c1-16-20(12-19-4-2-3-5-22(16)19)13-24-23-14-21(10-11-25(23)29-27(24)32)28-26(31)18-8-6-17(15-30)7-9-18/h6-11,13-15H,2-5,12H2,1H3,(H,28,31)(H,29,32). The Bertz CT molecular complexity index is 1250. The van der Waals surface area contributed by atoms with E-state index >= 15 is 0 Å². The van der Waals surface area contributed by atoms with Crippen LogP contribution in [0.3, 0.4) is 0 Å². The molecule has 5 rings (SSSR count). The average molecular weight is 425 g/mol. The minimum atomic E-state index is -0.267. The lowest BCUT2D eigenvalue weighted by atomic mass is 9.91. The van der Waals surface area contributed by atoms with Gasteiger partial charge in [-0.1, -0.05) is 17.7 Å². The normalized spacial score (nSPS) is 18.5. The monoisotopic (exact) mass is 424 g/mol. The number of anilines is 2. The predicted octanol–water partition coefficient (Wildman–Crippen LogP) is 5.68. The molecule has 0 radical (unpaired) electrons. The summed E-state index contributed by atoms with van der Waals surface area (Å²) in [5, 5.41) is 5.82. The molecule has 3 aliphatic rings. The van der Waals surface area contributed by atoms with E-state index in [1.54, 1.807) is 30.3 Å².